The molecule has 0 radical (unpaired) electrons. The van der Waals surface area contributed by atoms with Gasteiger partial charge >= 0.3 is 5.97 Å². The highest BCUT2D eigenvalue weighted by molar-refractivity contribution is 5.89. The maximum atomic E-state index is 13.1. The topological polar surface area (TPSA) is 200 Å². The van der Waals surface area contributed by atoms with Crippen LogP contribution in [0.5, 0.6) is 5.75 Å². The number of nitrogens with two attached hydrogens (primary N) is 1. The van der Waals surface area contributed by atoms with Gasteiger partial charge in [-0.3, -0.25) is 24.0 Å². The highest BCUT2D eigenvalue weighted by Crippen LogP contribution is 2.14. The first-order chi connectivity index (χ1) is 19.1. The molecule has 3 rings (SSSR count). The van der Waals surface area contributed by atoms with Crippen LogP contribution in [-0.2, 0) is 43.4 Å². The van der Waals surface area contributed by atoms with Gasteiger partial charge in [0.1, 0.15) is 11.8 Å². The van der Waals surface area contributed by atoms with Gasteiger partial charge in [0.2, 0.25) is 23.6 Å². The highest BCUT2D eigenvalue weighted by Gasteiger charge is 2.26. The van der Waals surface area contributed by atoms with E-state index in [1.165, 1.54) is 12.1 Å². The van der Waals surface area contributed by atoms with Gasteiger partial charge < -0.3 is 37.2 Å². The number of phenolic OH excluding ortho intramolecular Hbond substituents is 1. The second-order valence-corrected chi connectivity index (χ2v) is 9.74. The van der Waals surface area contributed by atoms with E-state index in [-0.39, 0.29) is 63.3 Å². The third kappa shape index (κ3) is 9.70. The van der Waals surface area contributed by atoms with Crippen LogP contribution >= 0.6 is 0 Å². The molecule has 0 saturated carbocycles. The standard InChI is InChI=1S/C28H35N5O7/c29-22-9-10-24(35)30-12-11-23(28(40)31-16-19-4-2-1-3-18(19)14-26(37)38)33-25(36)15-20(32-27(22)39)13-17-5-7-21(34)8-6-17/h1-8,20,22-23,34H,9-16,29H2,(H,30,35)(H,31,40)(H,32,39)(H,33,36)(H,37,38)/t20-,22-,23-/m0/s1. The summed E-state index contributed by atoms with van der Waals surface area (Å²) < 4.78 is 0. The van der Waals surface area contributed by atoms with Crippen LogP contribution in [0, 0.1) is 0 Å². The summed E-state index contributed by atoms with van der Waals surface area (Å²) in [6.07, 6.45) is 0.161. The van der Waals surface area contributed by atoms with E-state index in [4.69, 9.17) is 10.8 Å². The maximum absolute atomic E-state index is 13.1. The van der Waals surface area contributed by atoms with Crippen molar-refractivity contribution in [1.82, 2.24) is 21.3 Å². The number of carboxylic acids is 1. The smallest absolute Gasteiger partial charge is 0.307 e. The SMILES string of the molecule is N[C@H]1CCC(=O)NCC[C@@H](C(=O)NCc2ccccc2CC(=O)O)NC(=O)C[C@H](Cc2ccc(O)cc2)NC1=O. The average molecular weight is 554 g/mol. The van der Waals surface area contributed by atoms with Crippen LogP contribution in [0.3, 0.4) is 0 Å². The van der Waals surface area contributed by atoms with Crippen molar-refractivity contribution in [1.29, 1.82) is 0 Å². The summed E-state index contributed by atoms with van der Waals surface area (Å²) in [6.45, 7) is 0.156. The molecule has 214 valence electrons. The van der Waals surface area contributed by atoms with Gasteiger partial charge in [-0.15, -0.1) is 0 Å². The maximum Gasteiger partial charge on any atom is 0.307 e. The Morgan fingerprint density at radius 3 is 2.35 bits per heavy atom. The minimum atomic E-state index is -0.997. The van der Waals surface area contributed by atoms with Crippen molar-refractivity contribution in [2.75, 3.05) is 6.54 Å². The predicted octanol–water partition coefficient (Wildman–Crippen LogP) is -0.135. The summed E-state index contributed by atoms with van der Waals surface area (Å²) in [5, 5.41) is 29.6. The second-order valence-electron chi connectivity index (χ2n) is 9.74. The first-order valence-electron chi connectivity index (χ1n) is 13.1. The fourth-order valence-electron chi connectivity index (χ4n) is 4.38. The van der Waals surface area contributed by atoms with Gasteiger partial charge in [-0.25, -0.2) is 0 Å². The van der Waals surface area contributed by atoms with Crippen LogP contribution in [0.1, 0.15) is 42.4 Å². The largest absolute Gasteiger partial charge is 0.508 e. The monoisotopic (exact) mass is 553 g/mol. The number of carbonyl (C=O) groups excluding carboxylic acids is 4. The zero-order chi connectivity index (χ0) is 29.1. The Kier molecular flexibility index (Phi) is 11.0. The molecular weight excluding hydrogens is 518 g/mol. The van der Waals surface area contributed by atoms with E-state index < -0.39 is 41.8 Å². The number of hydrogen-bond acceptors (Lipinski definition) is 7. The van der Waals surface area contributed by atoms with Crippen LogP contribution in [0.25, 0.3) is 0 Å². The summed E-state index contributed by atoms with van der Waals surface area (Å²) in [4.78, 5) is 62.3. The molecule has 12 heteroatoms. The molecule has 3 atom stereocenters. The molecular formula is C28H35N5O7. The van der Waals surface area contributed by atoms with Gasteiger partial charge in [-0.2, -0.15) is 0 Å². The molecule has 1 aliphatic rings. The van der Waals surface area contributed by atoms with Gasteiger partial charge in [0.25, 0.3) is 0 Å². The molecule has 0 spiro atoms. The summed E-state index contributed by atoms with van der Waals surface area (Å²) >= 11 is 0. The Morgan fingerprint density at radius 2 is 1.65 bits per heavy atom. The molecule has 1 saturated heterocycles. The first kappa shape index (κ1) is 30.1. The molecule has 0 aliphatic carbocycles. The minimum Gasteiger partial charge on any atom is -0.508 e. The Hall–Kier alpha value is -4.45. The molecule has 40 heavy (non-hydrogen) atoms. The number of phenols is 1. The summed E-state index contributed by atoms with van der Waals surface area (Å²) in [7, 11) is 0. The van der Waals surface area contributed by atoms with E-state index in [9.17, 15) is 29.1 Å². The normalized spacial score (nSPS) is 20.8. The van der Waals surface area contributed by atoms with Gasteiger partial charge in [-0.05, 0) is 48.1 Å². The third-order valence-corrected chi connectivity index (χ3v) is 6.54. The average Bonchev–Trinajstić information content (AvgIpc) is 2.90. The van der Waals surface area contributed by atoms with Gasteiger partial charge in [-0.1, -0.05) is 36.4 Å². The van der Waals surface area contributed by atoms with E-state index in [1.54, 1.807) is 36.4 Å². The lowest BCUT2D eigenvalue weighted by Gasteiger charge is -2.24. The number of carbonyl (C=O) groups is 5. The van der Waals surface area contributed by atoms with Crippen molar-refractivity contribution < 1.29 is 34.2 Å². The number of carboxylic acid groups (broad SMARTS) is 1. The van der Waals surface area contributed by atoms with E-state index in [2.05, 4.69) is 21.3 Å². The molecule has 1 fully saturated rings. The molecule has 0 bridgehead atoms. The lowest BCUT2D eigenvalue weighted by molar-refractivity contribution is -0.136. The summed E-state index contributed by atoms with van der Waals surface area (Å²) in [5.74, 6) is -2.75. The van der Waals surface area contributed by atoms with E-state index in [0.717, 1.165) is 5.56 Å². The fraction of sp³-hybridized carbons (Fsp3) is 0.393. The number of benzene rings is 2. The predicted molar refractivity (Wildman–Crippen MR) is 145 cm³/mol. The number of aromatic hydroxyl groups is 1. The van der Waals surface area contributed by atoms with Crippen LogP contribution in [-0.4, -0.2) is 64.5 Å². The van der Waals surface area contributed by atoms with Crippen LogP contribution < -0.4 is 27.0 Å². The van der Waals surface area contributed by atoms with Crippen LogP contribution in [0.15, 0.2) is 48.5 Å². The van der Waals surface area contributed by atoms with Gasteiger partial charge in [0.05, 0.1) is 12.5 Å². The Morgan fingerprint density at radius 1 is 0.950 bits per heavy atom. The van der Waals surface area contributed by atoms with E-state index in [1.807, 2.05) is 0 Å². The van der Waals surface area contributed by atoms with Crippen molar-refractivity contribution in [3.8, 4) is 5.75 Å². The molecule has 1 aliphatic heterocycles. The Labute approximate surface area is 231 Å². The molecule has 1 heterocycles. The van der Waals surface area contributed by atoms with Crippen LogP contribution in [0.2, 0.25) is 0 Å². The Balaban J connectivity index is 1.74. The molecule has 0 aromatic heterocycles. The summed E-state index contributed by atoms with van der Waals surface area (Å²) in [6, 6.07) is 10.6. The Bertz CT molecular complexity index is 1220. The van der Waals surface area contributed by atoms with Crippen molar-refractivity contribution in [2.24, 2.45) is 5.73 Å². The van der Waals surface area contributed by atoms with Gasteiger partial charge in [0.15, 0.2) is 0 Å². The molecule has 0 unspecified atom stereocenters. The number of hydrogen-bond donors (Lipinski definition) is 7. The molecule has 4 amide bonds. The zero-order valence-electron chi connectivity index (χ0n) is 22.0. The van der Waals surface area contributed by atoms with Crippen molar-refractivity contribution in [3.63, 3.8) is 0 Å². The molecule has 2 aromatic carbocycles. The number of aliphatic carboxylic acids is 1. The quantitative estimate of drug-likeness (QED) is 0.246. The number of nitrogens with one attached hydrogen (secondary N) is 4. The highest BCUT2D eigenvalue weighted by atomic mass is 16.4. The lowest BCUT2D eigenvalue weighted by atomic mass is 10.0. The summed E-state index contributed by atoms with van der Waals surface area (Å²) in [5.41, 5.74) is 7.92. The fourth-order valence-corrected chi connectivity index (χ4v) is 4.38. The molecule has 12 nitrogen and oxygen atoms in total. The first-order valence-corrected chi connectivity index (χ1v) is 13.1. The number of amides is 4. The van der Waals surface area contributed by atoms with Crippen molar-refractivity contribution >= 4 is 29.6 Å². The van der Waals surface area contributed by atoms with Gasteiger partial charge in [0, 0.05) is 32.0 Å². The van der Waals surface area contributed by atoms with Crippen molar-refractivity contribution in [3.05, 3.63) is 65.2 Å². The molecule has 2 aromatic rings. The third-order valence-electron chi connectivity index (χ3n) is 6.54. The lowest BCUT2D eigenvalue weighted by Crippen LogP contribution is -2.52. The minimum absolute atomic E-state index is 0.0147. The number of rotatable bonds is 7. The molecule has 8 N–H and O–H groups in total. The second kappa shape index (κ2) is 14.6. The zero-order valence-corrected chi connectivity index (χ0v) is 22.0. The van der Waals surface area contributed by atoms with E-state index >= 15 is 0 Å². The van der Waals surface area contributed by atoms with E-state index in [0.29, 0.717) is 11.1 Å². The van der Waals surface area contributed by atoms with Crippen molar-refractivity contribution in [2.45, 2.75) is 63.2 Å². The van der Waals surface area contributed by atoms with Crippen LogP contribution in [0.4, 0.5) is 0 Å².